The maximum absolute atomic E-state index is 10.9. The summed E-state index contributed by atoms with van der Waals surface area (Å²) in [5.41, 5.74) is 0. The van der Waals surface area contributed by atoms with Crippen molar-refractivity contribution in [3.63, 3.8) is 0 Å². The van der Waals surface area contributed by atoms with Gasteiger partial charge in [-0.25, -0.2) is 14.8 Å². The van der Waals surface area contributed by atoms with Gasteiger partial charge in [-0.15, -0.1) is 11.3 Å². The zero-order valence-electron chi connectivity index (χ0n) is 7.97. The van der Waals surface area contributed by atoms with Crippen molar-refractivity contribution >= 4 is 27.5 Å². The van der Waals surface area contributed by atoms with Gasteiger partial charge in [-0.2, -0.15) is 0 Å². The van der Waals surface area contributed by atoms with Gasteiger partial charge in [0, 0.05) is 0 Å². The van der Waals surface area contributed by atoms with Crippen LogP contribution in [0.15, 0.2) is 17.8 Å². The fourth-order valence-corrected chi connectivity index (χ4v) is 1.79. The highest BCUT2D eigenvalue weighted by Crippen LogP contribution is 2.25. The number of ether oxygens (including phenoxy) is 2. The summed E-state index contributed by atoms with van der Waals surface area (Å²) in [4.78, 5) is 19.7. The van der Waals surface area contributed by atoms with Crippen molar-refractivity contribution in [2.45, 2.75) is 0 Å². The molecule has 0 aliphatic heterocycles. The van der Waals surface area contributed by atoms with Crippen molar-refractivity contribution in [3.05, 3.63) is 17.8 Å². The van der Waals surface area contributed by atoms with E-state index < -0.39 is 5.97 Å². The number of carbonyl (C=O) groups excluding carboxylic acids is 1. The smallest absolute Gasteiger partial charge is 0.343 e. The molecule has 0 fully saturated rings. The lowest BCUT2D eigenvalue weighted by Crippen LogP contribution is -2.13. The first kappa shape index (κ1) is 9.85. The Kier molecular flexibility index (Phi) is 2.77. The molecule has 0 saturated carbocycles. The van der Waals surface area contributed by atoms with Crippen LogP contribution < -0.4 is 4.74 Å². The molecule has 0 saturated heterocycles. The summed E-state index contributed by atoms with van der Waals surface area (Å²) in [6.45, 7) is -0.140. The van der Waals surface area contributed by atoms with Gasteiger partial charge in [-0.3, -0.25) is 0 Å². The van der Waals surface area contributed by atoms with Crippen LogP contribution in [0.1, 0.15) is 0 Å². The van der Waals surface area contributed by atoms with E-state index in [-0.39, 0.29) is 6.61 Å². The Labute approximate surface area is 89.7 Å². The van der Waals surface area contributed by atoms with Gasteiger partial charge in [0.15, 0.2) is 6.61 Å². The average molecular weight is 224 g/mol. The molecule has 0 radical (unpaired) electrons. The second kappa shape index (κ2) is 4.22. The SMILES string of the molecule is COC(=O)COc1ncnc2sccc12. The lowest BCUT2D eigenvalue weighted by molar-refractivity contribution is -0.142. The first-order valence-corrected chi connectivity index (χ1v) is 5.07. The van der Waals surface area contributed by atoms with Crippen molar-refractivity contribution in [2.24, 2.45) is 0 Å². The fraction of sp³-hybridized carbons (Fsp3) is 0.222. The van der Waals surface area contributed by atoms with Gasteiger partial charge in [-0.1, -0.05) is 0 Å². The third-order valence-corrected chi connectivity index (χ3v) is 2.60. The van der Waals surface area contributed by atoms with Crippen LogP contribution in [0.25, 0.3) is 10.2 Å². The van der Waals surface area contributed by atoms with Crippen LogP contribution in [0, 0.1) is 0 Å². The Morgan fingerprint density at radius 2 is 2.40 bits per heavy atom. The number of thiophene rings is 1. The van der Waals surface area contributed by atoms with E-state index in [1.54, 1.807) is 0 Å². The summed E-state index contributed by atoms with van der Waals surface area (Å²) in [7, 11) is 1.31. The summed E-state index contributed by atoms with van der Waals surface area (Å²) in [5, 5.41) is 2.70. The van der Waals surface area contributed by atoms with Crippen LogP contribution in [-0.4, -0.2) is 29.7 Å². The van der Waals surface area contributed by atoms with Gasteiger partial charge in [0.1, 0.15) is 11.2 Å². The van der Waals surface area contributed by atoms with Crippen LogP contribution >= 0.6 is 11.3 Å². The minimum Gasteiger partial charge on any atom is -0.466 e. The molecule has 0 aromatic carbocycles. The third kappa shape index (κ3) is 2.04. The van der Waals surface area contributed by atoms with Gasteiger partial charge < -0.3 is 9.47 Å². The number of rotatable bonds is 3. The summed E-state index contributed by atoms with van der Waals surface area (Å²) < 4.78 is 9.67. The van der Waals surface area contributed by atoms with Gasteiger partial charge >= 0.3 is 5.97 Å². The molecule has 2 aromatic rings. The van der Waals surface area contributed by atoms with Gasteiger partial charge in [0.2, 0.25) is 5.88 Å². The van der Waals surface area contributed by atoms with Crippen LogP contribution in [-0.2, 0) is 9.53 Å². The molecular formula is C9H8N2O3S. The third-order valence-electron chi connectivity index (χ3n) is 1.78. The lowest BCUT2D eigenvalue weighted by Gasteiger charge is -2.03. The molecule has 15 heavy (non-hydrogen) atoms. The number of hydrogen-bond acceptors (Lipinski definition) is 6. The minimum absolute atomic E-state index is 0.140. The van der Waals surface area contributed by atoms with Gasteiger partial charge in [-0.05, 0) is 11.4 Å². The quantitative estimate of drug-likeness (QED) is 0.734. The van der Waals surface area contributed by atoms with Crippen molar-refractivity contribution < 1.29 is 14.3 Å². The second-order valence-electron chi connectivity index (χ2n) is 2.68. The molecule has 0 bridgehead atoms. The fourth-order valence-electron chi connectivity index (χ4n) is 1.07. The standard InChI is InChI=1S/C9H8N2O3S/c1-13-7(12)4-14-8-6-2-3-15-9(6)11-5-10-8/h2-3,5H,4H2,1H3. The first-order chi connectivity index (χ1) is 7.31. The van der Waals surface area contributed by atoms with Crippen molar-refractivity contribution in [3.8, 4) is 5.88 Å². The molecule has 2 heterocycles. The molecule has 78 valence electrons. The van der Waals surface area contributed by atoms with Crippen molar-refractivity contribution in [2.75, 3.05) is 13.7 Å². The van der Waals surface area contributed by atoms with E-state index in [0.717, 1.165) is 10.2 Å². The molecule has 0 atom stereocenters. The molecule has 2 rings (SSSR count). The maximum Gasteiger partial charge on any atom is 0.343 e. The molecule has 0 unspecified atom stereocenters. The van der Waals surface area contributed by atoms with Gasteiger partial charge in [0.25, 0.3) is 0 Å². The van der Waals surface area contributed by atoms with E-state index in [2.05, 4.69) is 14.7 Å². The van der Waals surface area contributed by atoms with Crippen LogP contribution in [0.5, 0.6) is 5.88 Å². The van der Waals surface area contributed by atoms with Crippen molar-refractivity contribution in [1.82, 2.24) is 9.97 Å². The Morgan fingerprint density at radius 1 is 1.53 bits per heavy atom. The molecule has 5 nitrogen and oxygen atoms in total. The van der Waals surface area contributed by atoms with E-state index in [1.165, 1.54) is 24.8 Å². The molecule has 0 N–H and O–H groups in total. The largest absolute Gasteiger partial charge is 0.466 e. The predicted molar refractivity (Wildman–Crippen MR) is 54.9 cm³/mol. The Morgan fingerprint density at radius 3 is 3.20 bits per heavy atom. The molecule has 0 spiro atoms. The van der Waals surface area contributed by atoms with Gasteiger partial charge in [0.05, 0.1) is 12.5 Å². The number of methoxy groups -OCH3 is 1. The number of hydrogen-bond donors (Lipinski definition) is 0. The van der Waals surface area contributed by atoms with E-state index >= 15 is 0 Å². The van der Waals surface area contributed by atoms with E-state index in [0.29, 0.717) is 5.88 Å². The topological polar surface area (TPSA) is 61.3 Å². The van der Waals surface area contributed by atoms with Crippen LogP contribution in [0.3, 0.4) is 0 Å². The Balaban J connectivity index is 2.20. The highest BCUT2D eigenvalue weighted by Gasteiger charge is 2.08. The monoisotopic (exact) mass is 224 g/mol. The first-order valence-electron chi connectivity index (χ1n) is 4.19. The number of esters is 1. The zero-order valence-corrected chi connectivity index (χ0v) is 8.78. The summed E-state index contributed by atoms with van der Waals surface area (Å²) in [6.07, 6.45) is 1.41. The second-order valence-corrected chi connectivity index (χ2v) is 3.58. The minimum atomic E-state index is -0.433. The number of fused-ring (bicyclic) bond motifs is 1. The highest BCUT2D eigenvalue weighted by atomic mass is 32.1. The summed E-state index contributed by atoms with van der Waals surface area (Å²) in [6, 6.07) is 1.85. The average Bonchev–Trinajstić information content (AvgIpc) is 2.74. The number of carbonyl (C=O) groups is 1. The summed E-state index contributed by atoms with van der Waals surface area (Å²) >= 11 is 1.49. The van der Waals surface area contributed by atoms with E-state index in [4.69, 9.17) is 4.74 Å². The number of nitrogens with zero attached hydrogens (tertiary/aromatic N) is 2. The molecule has 0 aliphatic carbocycles. The van der Waals surface area contributed by atoms with Crippen molar-refractivity contribution in [1.29, 1.82) is 0 Å². The molecule has 2 aromatic heterocycles. The molecule has 0 aliphatic rings. The highest BCUT2D eigenvalue weighted by molar-refractivity contribution is 7.16. The zero-order chi connectivity index (χ0) is 10.7. The predicted octanol–water partition coefficient (Wildman–Crippen LogP) is 1.24. The van der Waals surface area contributed by atoms with Crippen LogP contribution in [0.4, 0.5) is 0 Å². The molecular weight excluding hydrogens is 216 g/mol. The lowest BCUT2D eigenvalue weighted by atomic mass is 10.4. The number of aromatic nitrogens is 2. The van der Waals surface area contributed by atoms with E-state index in [9.17, 15) is 4.79 Å². The molecule has 6 heteroatoms. The Hall–Kier alpha value is -1.69. The molecule has 0 amide bonds. The summed E-state index contributed by atoms with van der Waals surface area (Å²) in [5.74, 6) is -0.0244. The van der Waals surface area contributed by atoms with Crippen LogP contribution in [0.2, 0.25) is 0 Å². The normalized spacial score (nSPS) is 10.2. The maximum atomic E-state index is 10.9. The van der Waals surface area contributed by atoms with E-state index in [1.807, 2.05) is 11.4 Å². The Bertz CT molecular complexity index is 483.